The summed E-state index contributed by atoms with van der Waals surface area (Å²) in [6.45, 7) is 0.398. The van der Waals surface area contributed by atoms with E-state index in [-0.39, 0.29) is 5.91 Å². The first-order valence-corrected chi connectivity index (χ1v) is 4.68. The van der Waals surface area contributed by atoms with Crippen LogP contribution in [0.5, 0.6) is 0 Å². The first kappa shape index (κ1) is 11.3. The zero-order valence-corrected chi connectivity index (χ0v) is 8.66. The number of nitrogens with zero attached hydrogens (tertiary/aromatic N) is 1. The lowest BCUT2D eigenvalue weighted by Crippen LogP contribution is -2.20. The van der Waals surface area contributed by atoms with Gasteiger partial charge in [-0.05, 0) is 17.7 Å². The van der Waals surface area contributed by atoms with Crippen molar-refractivity contribution >= 4 is 17.5 Å². The Morgan fingerprint density at radius 3 is 3.07 bits per heavy atom. The third kappa shape index (κ3) is 4.30. The number of halogens is 1. The lowest BCUT2D eigenvalue weighted by molar-refractivity contribution is -0.116. The number of nitriles is 1. The van der Waals surface area contributed by atoms with Gasteiger partial charge in [0.1, 0.15) is 0 Å². The molecule has 0 aliphatic carbocycles. The Balaban J connectivity index is 2.48. The van der Waals surface area contributed by atoms with Crippen LogP contribution < -0.4 is 5.32 Å². The molecule has 1 aromatic rings. The minimum Gasteiger partial charge on any atom is -0.348 e. The first-order chi connectivity index (χ1) is 7.22. The number of benzene rings is 1. The number of allylic oxidation sites excluding steroid dienone is 1. The van der Waals surface area contributed by atoms with E-state index in [0.717, 1.165) is 11.6 Å². The summed E-state index contributed by atoms with van der Waals surface area (Å²) >= 11 is 5.77. The highest BCUT2D eigenvalue weighted by Gasteiger charge is 1.96. The molecule has 0 aliphatic rings. The molecule has 15 heavy (non-hydrogen) atoms. The fourth-order valence-electron chi connectivity index (χ4n) is 1.01. The van der Waals surface area contributed by atoms with Crippen molar-refractivity contribution in [2.75, 3.05) is 0 Å². The molecule has 0 aliphatic heterocycles. The second-order valence-electron chi connectivity index (χ2n) is 2.81. The molecule has 0 atom stereocenters. The van der Waals surface area contributed by atoms with E-state index in [2.05, 4.69) is 5.32 Å². The summed E-state index contributed by atoms with van der Waals surface area (Å²) < 4.78 is 0. The predicted molar refractivity (Wildman–Crippen MR) is 58.1 cm³/mol. The summed E-state index contributed by atoms with van der Waals surface area (Å²) in [5.74, 6) is -0.295. The Morgan fingerprint density at radius 2 is 2.40 bits per heavy atom. The van der Waals surface area contributed by atoms with Gasteiger partial charge in [-0.15, -0.1) is 0 Å². The van der Waals surface area contributed by atoms with Gasteiger partial charge in [0.15, 0.2) is 0 Å². The summed E-state index contributed by atoms with van der Waals surface area (Å²) in [4.78, 5) is 11.1. The van der Waals surface area contributed by atoms with Crippen molar-refractivity contribution in [1.82, 2.24) is 5.32 Å². The molecule has 1 amide bonds. The molecule has 1 aromatic carbocycles. The van der Waals surface area contributed by atoms with E-state index in [4.69, 9.17) is 16.9 Å². The van der Waals surface area contributed by atoms with E-state index in [1.807, 2.05) is 12.1 Å². The maximum Gasteiger partial charge on any atom is 0.244 e. The fraction of sp³-hybridized carbons (Fsp3) is 0.0909. The zero-order valence-electron chi connectivity index (χ0n) is 7.90. The molecule has 0 heterocycles. The summed E-state index contributed by atoms with van der Waals surface area (Å²) in [6, 6.07) is 8.96. The summed E-state index contributed by atoms with van der Waals surface area (Å²) in [5.41, 5.74) is 0.918. The summed E-state index contributed by atoms with van der Waals surface area (Å²) in [7, 11) is 0. The molecular weight excluding hydrogens is 212 g/mol. The van der Waals surface area contributed by atoms with Crippen molar-refractivity contribution in [1.29, 1.82) is 5.26 Å². The van der Waals surface area contributed by atoms with Gasteiger partial charge >= 0.3 is 0 Å². The van der Waals surface area contributed by atoms with Crippen LogP contribution >= 0.6 is 11.6 Å². The Morgan fingerprint density at radius 1 is 1.60 bits per heavy atom. The highest BCUT2D eigenvalue weighted by atomic mass is 35.5. The van der Waals surface area contributed by atoms with Gasteiger partial charge in [-0.2, -0.15) is 5.26 Å². The Kier molecular flexibility index (Phi) is 4.39. The molecule has 0 bridgehead atoms. The summed E-state index contributed by atoms with van der Waals surface area (Å²) in [5, 5.41) is 11.5. The molecule has 0 unspecified atom stereocenters. The highest BCUT2D eigenvalue weighted by molar-refractivity contribution is 6.30. The van der Waals surface area contributed by atoms with Crippen LogP contribution in [0.3, 0.4) is 0 Å². The van der Waals surface area contributed by atoms with Gasteiger partial charge in [0.05, 0.1) is 6.07 Å². The maximum atomic E-state index is 11.1. The third-order valence-corrected chi connectivity index (χ3v) is 1.90. The number of amides is 1. The molecule has 0 saturated heterocycles. The van der Waals surface area contributed by atoms with Gasteiger partial charge in [0.2, 0.25) is 5.91 Å². The average Bonchev–Trinajstić information content (AvgIpc) is 2.23. The van der Waals surface area contributed by atoms with Crippen molar-refractivity contribution in [3.05, 3.63) is 47.0 Å². The summed E-state index contributed by atoms with van der Waals surface area (Å²) in [6.07, 6.45) is 2.32. The van der Waals surface area contributed by atoms with Crippen LogP contribution in [-0.2, 0) is 11.3 Å². The Labute approximate surface area is 93.0 Å². The third-order valence-electron chi connectivity index (χ3n) is 1.67. The second kappa shape index (κ2) is 5.84. The Hall–Kier alpha value is -1.79. The lowest BCUT2D eigenvalue weighted by atomic mass is 10.2. The number of rotatable bonds is 3. The van der Waals surface area contributed by atoms with E-state index in [0.29, 0.717) is 11.6 Å². The van der Waals surface area contributed by atoms with Crippen LogP contribution in [0.15, 0.2) is 36.4 Å². The molecule has 0 radical (unpaired) electrons. The number of carbonyl (C=O) groups is 1. The first-order valence-electron chi connectivity index (χ1n) is 4.31. The normalized spacial score (nSPS) is 9.87. The Bertz CT molecular complexity index is 421. The van der Waals surface area contributed by atoms with E-state index in [9.17, 15) is 4.79 Å². The van der Waals surface area contributed by atoms with Gasteiger partial charge in [0, 0.05) is 23.7 Å². The highest BCUT2D eigenvalue weighted by Crippen LogP contribution is 2.09. The average molecular weight is 221 g/mol. The molecule has 0 aromatic heterocycles. The van der Waals surface area contributed by atoms with Crippen molar-refractivity contribution in [3.8, 4) is 6.07 Å². The lowest BCUT2D eigenvalue weighted by Gasteiger charge is -2.02. The van der Waals surface area contributed by atoms with E-state index >= 15 is 0 Å². The van der Waals surface area contributed by atoms with E-state index in [1.165, 1.54) is 6.08 Å². The van der Waals surface area contributed by atoms with Gasteiger partial charge in [0.25, 0.3) is 0 Å². The molecular formula is C11H9ClN2O. The molecule has 76 valence electrons. The van der Waals surface area contributed by atoms with Crippen molar-refractivity contribution < 1.29 is 4.79 Å². The van der Waals surface area contributed by atoms with E-state index < -0.39 is 0 Å². The molecule has 0 spiro atoms. The zero-order chi connectivity index (χ0) is 11.1. The quantitative estimate of drug-likeness (QED) is 0.626. The number of hydrogen-bond donors (Lipinski definition) is 1. The SMILES string of the molecule is N#C/C=C/C(=O)NCc1cccc(Cl)c1. The van der Waals surface area contributed by atoms with Crippen LogP contribution in [0.2, 0.25) is 5.02 Å². The largest absolute Gasteiger partial charge is 0.348 e. The topological polar surface area (TPSA) is 52.9 Å². The van der Waals surface area contributed by atoms with Crippen molar-refractivity contribution in [2.45, 2.75) is 6.54 Å². The van der Waals surface area contributed by atoms with Crippen LogP contribution in [0.25, 0.3) is 0 Å². The fourth-order valence-corrected chi connectivity index (χ4v) is 1.22. The van der Waals surface area contributed by atoms with Crippen molar-refractivity contribution in [3.63, 3.8) is 0 Å². The molecule has 0 fully saturated rings. The van der Waals surface area contributed by atoms with Crippen LogP contribution in [-0.4, -0.2) is 5.91 Å². The molecule has 3 nitrogen and oxygen atoms in total. The van der Waals surface area contributed by atoms with Crippen LogP contribution in [0.4, 0.5) is 0 Å². The molecule has 1 rings (SSSR count). The van der Waals surface area contributed by atoms with Crippen molar-refractivity contribution in [2.24, 2.45) is 0 Å². The number of hydrogen-bond acceptors (Lipinski definition) is 2. The predicted octanol–water partition coefficient (Wildman–Crippen LogP) is 2.04. The minimum atomic E-state index is -0.295. The number of nitrogens with one attached hydrogen (secondary N) is 1. The second-order valence-corrected chi connectivity index (χ2v) is 3.25. The molecule has 1 N–H and O–H groups in total. The molecule has 4 heteroatoms. The van der Waals surface area contributed by atoms with Gasteiger partial charge in [-0.1, -0.05) is 23.7 Å². The van der Waals surface area contributed by atoms with E-state index in [1.54, 1.807) is 18.2 Å². The monoisotopic (exact) mass is 220 g/mol. The smallest absolute Gasteiger partial charge is 0.244 e. The van der Waals surface area contributed by atoms with Gasteiger partial charge in [-0.3, -0.25) is 4.79 Å². The minimum absolute atomic E-state index is 0.295. The van der Waals surface area contributed by atoms with Gasteiger partial charge in [-0.25, -0.2) is 0 Å². The maximum absolute atomic E-state index is 11.1. The molecule has 0 saturated carbocycles. The standard InChI is InChI=1S/C11H9ClN2O/c12-10-4-1-3-9(7-10)8-14-11(15)5-2-6-13/h1-5,7H,8H2,(H,14,15)/b5-2+. The van der Waals surface area contributed by atoms with Gasteiger partial charge < -0.3 is 5.32 Å². The van der Waals surface area contributed by atoms with Crippen LogP contribution in [0.1, 0.15) is 5.56 Å². The number of carbonyl (C=O) groups excluding carboxylic acids is 1. The van der Waals surface area contributed by atoms with Crippen LogP contribution in [0, 0.1) is 11.3 Å².